The summed E-state index contributed by atoms with van der Waals surface area (Å²) in [5, 5.41) is 0. The molecule has 1 aliphatic heterocycles. The summed E-state index contributed by atoms with van der Waals surface area (Å²) in [4.78, 5) is 18.3. The predicted molar refractivity (Wildman–Crippen MR) is 95.7 cm³/mol. The van der Waals surface area contributed by atoms with Crippen LogP contribution in [0.2, 0.25) is 0 Å². The molecular formula is C20H26N2O3. The molecule has 0 radical (unpaired) electrons. The van der Waals surface area contributed by atoms with E-state index in [0.29, 0.717) is 6.42 Å². The number of hydrogen-bond donors (Lipinski definition) is 0. The number of hydrogen-bond acceptors (Lipinski definition) is 5. The Morgan fingerprint density at radius 1 is 1.36 bits per heavy atom. The summed E-state index contributed by atoms with van der Waals surface area (Å²) < 4.78 is 10.3. The number of ketones is 1. The standard InChI is InChI=1S/C20H26N2O3/c1-24-18-6-2-5-17(14-18)15-22-11-8-16(9-12-22)4-3-7-19(23)20-21-10-13-25-20/h2,5-6,10,13-14,16H,3-4,7-9,11-12,15H2,1H3. The highest BCUT2D eigenvalue weighted by molar-refractivity contribution is 5.91. The van der Waals surface area contributed by atoms with Gasteiger partial charge >= 0.3 is 0 Å². The summed E-state index contributed by atoms with van der Waals surface area (Å²) >= 11 is 0. The van der Waals surface area contributed by atoms with Gasteiger partial charge in [0.15, 0.2) is 0 Å². The number of rotatable bonds is 8. The summed E-state index contributed by atoms with van der Waals surface area (Å²) in [6, 6.07) is 8.30. The van der Waals surface area contributed by atoms with Gasteiger partial charge in [0, 0.05) is 13.0 Å². The number of methoxy groups -OCH3 is 1. The molecule has 1 aromatic carbocycles. The molecule has 3 rings (SSSR count). The summed E-state index contributed by atoms with van der Waals surface area (Å²) in [7, 11) is 1.71. The number of nitrogens with zero attached hydrogens (tertiary/aromatic N) is 2. The zero-order valence-electron chi connectivity index (χ0n) is 14.8. The average molecular weight is 342 g/mol. The monoisotopic (exact) mass is 342 g/mol. The summed E-state index contributed by atoms with van der Waals surface area (Å²) in [5.74, 6) is 1.90. The van der Waals surface area contributed by atoms with Crippen molar-refractivity contribution in [2.75, 3.05) is 20.2 Å². The zero-order chi connectivity index (χ0) is 17.5. The highest BCUT2D eigenvalue weighted by atomic mass is 16.5. The van der Waals surface area contributed by atoms with Crippen molar-refractivity contribution in [1.29, 1.82) is 0 Å². The fourth-order valence-electron chi connectivity index (χ4n) is 3.48. The Morgan fingerprint density at radius 3 is 2.92 bits per heavy atom. The van der Waals surface area contributed by atoms with Crippen LogP contribution in [0.5, 0.6) is 5.75 Å². The van der Waals surface area contributed by atoms with Crippen LogP contribution in [0.15, 0.2) is 41.1 Å². The highest BCUT2D eigenvalue weighted by Gasteiger charge is 2.20. The van der Waals surface area contributed by atoms with E-state index in [1.54, 1.807) is 7.11 Å². The van der Waals surface area contributed by atoms with E-state index in [-0.39, 0.29) is 11.7 Å². The molecule has 0 aliphatic carbocycles. The van der Waals surface area contributed by atoms with Crippen LogP contribution in [0.3, 0.4) is 0 Å². The van der Waals surface area contributed by atoms with Crippen molar-refractivity contribution >= 4 is 5.78 Å². The van der Waals surface area contributed by atoms with Gasteiger partial charge in [0.2, 0.25) is 5.78 Å². The minimum Gasteiger partial charge on any atom is -0.497 e. The Morgan fingerprint density at radius 2 is 2.20 bits per heavy atom. The van der Waals surface area contributed by atoms with E-state index in [2.05, 4.69) is 22.0 Å². The first kappa shape index (κ1) is 17.7. The molecule has 1 aromatic heterocycles. The SMILES string of the molecule is COc1cccc(CN2CCC(CCCC(=O)c3ncco3)CC2)c1. The lowest BCUT2D eigenvalue weighted by Gasteiger charge is -2.32. The number of carbonyl (C=O) groups is 1. The first-order valence-electron chi connectivity index (χ1n) is 9.02. The molecule has 134 valence electrons. The van der Waals surface area contributed by atoms with E-state index in [1.807, 2.05) is 12.1 Å². The third-order valence-corrected chi connectivity index (χ3v) is 4.93. The Balaban J connectivity index is 1.36. The zero-order valence-corrected chi connectivity index (χ0v) is 14.8. The number of piperidine rings is 1. The van der Waals surface area contributed by atoms with Crippen LogP contribution in [0.4, 0.5) is 0 Å². The largest absolute Gasteiger partial charge is 0.497 e. The Kier molecular flexibility index (Phi) is 6.23. The lowest BCUT2D eigenvalue weighted by atomic mass is 9.91. The quantitative estimate of drug-likeness (QED) is 0.680. The van der Waals surface area contributed by atoms with Crippen LogP contribution in [-0.2, 0) is 6.54 Å². The van der Waals surface area contributed by atoms with Gasteiger partial charge in [-0.1, -0.05) is 12.1 Å². The van der Waals surface area contributed by atoms with Gasteiger partial charge in [-0.05, 0) is 62.4 Å². The Bertz CT molecular complexity index is 661. The molecule has 0 saturated carbocycles. The van der Waals surface area contributed by atoms with Crippen LogP contribution in [0.25, 0.3) is 0 Å². The normalized spacial score (nSPS) is 16.0. The summed E-state index contributed by atoms with van der Waals surface area (Å²) in [6.07, 6.45) is 7.94. The number of carbonyl (C=O) groups excluding carboxylic acids is 1. The molecule has 1 fully saturated rings. The number of likely N-dealkylation sites (tertiary alicyclic amines) is 1. The Labute approximate surface area is 149 Å². The third kappa shape index (κ3) is 5.16. The molecule has 0 amide bonds. The van der Waals surface area contributed by atoms with Gasteiger partial charge in [0.05, 0.1) is 13.3 Å². The fraction of sp³-hybridized carbons (Fsp3) is 0.500. The fourth-order valence-corrected chi connectivity index (χ4v) is 3.48. The first-order chi connectivity index (χ1) is 12.2. The van der Waals surface area contributed by atoms with Crippen LogP contribution >= 0.6 is 0 Å². The van der Waals surface area contributed by atoms with Crippen molar-refractivity contribution in [3.63, 3.8) is 0 Å². The van der Waals surface area contributed by atoms with Crippen molar-refractivity contribution in [1.82, 2.24) is 9.88 Å². The maximum absolute atomic E-state index is 11.9. The molecule has 0 unspecified atom stereocenters. The second-order valence-corrected chi connectivity index (χ2v) is 6.72. The minimum absolute atomic E-state index is 0.0143. The first-order valence-corrected chi connectivity index (χ1v) is 9.02. The lowest BCUT2D eigenvalue weighted by molar-refractivity contribution is 0.0940. The van der Waals surface area contributed by atoms with Gasteiger partial charge in [-0.2, -0.15) is 0 Å². The minimum atomic E-state index is 0.0143. The predicted octanol–water partition coefficient (Wildman–Crippen LogP) is 3.95. The molecule has 0 atom stereocenters. The average Bonchev–Trinajstić information content (AvgIpc) is 3.18. The van der Waals surface area contributed by atoms with E-state index in [1.165, 1.54) is 30.9 Å². The molecule has 2 aromatic rings. The van der Waals surface area contributed by atoms with Gasteiger partial charge in [-0.25, -0.2) is 4.98 Å². The third-order valence-electron chi connectivity index (χ3n) is 4.93. The number of oxazole rings is 1. The number of aromatic nitrogens is 1. The number of Topliss-reactive ketones (excluding diaryl/α,β-unsaturated/α-hetero) is 1. The molecule has 0 spiro atoms. The van der Waals surface area contributed by atoms with Crippen molar-refractivity contribution in [3.8, 4) is 5.75 Å². The van der Waals surface area contributed by atoms with Gasteiger partial charge < -0.3 is 9.15 Å². The van der Waals surface area contributed by atoms with Crippen molar-refractivity contribution in [2.45, 2.75) is 38.6 Å². The van der Waals surface area contributed by atoms with Crippen molar-refractivity contribution in [3.05, 3.63) is 48.2 Å². The molecule has 25 heavy (non-hydrogen) atoms. The molecule has 1 saturated heterocycles. The van der Waals surface area contributed by atoms with E-state index >= 15 is 0 Å². The molecule has 5 heteroatoms. The van der Waals surface area contributed by atoms with Gasteiger partial charge in [0.25, 0.3) is 5.89 Å². The number of benzene rings is 1. The van der Waals surface area contributed by atoms with E-state index < -0.39 is 0 Å². The van der Waals surface area contributed by atoms with E-state index in [9.17, 15) is 4.79 Å². The molecule has 2 heterocycles. The molecule has 0 bridgehead atoms. The summed E-state index contributed by atoms with van der Waals surface area (Å²) in [5.41, 5.74) is 1.30. The van der Waals surface area contributed by atoms with E-state index in [4.69, 9.17) is 9.15 Å². The number of ether oxygens (including phenoxy) is 1. The van der Waals surface area contributed by atoms with Crippen LogP contribution < -0.4 is 4.74 Å². The lowest BCUT2D eigenvalue weighted by Crippen LogP contribution is -2.33. The van der Waals surface area contributed by atoms with Crippen LogP contribution in [-0.4, -0.2) is 35.9 Å². The van der Waals surface area contributed by atoms with Crippen LogP contribution in [0.1, 0.15) is 48.4 Å². The molecular weight excluding hydrogens is 316 g/mol. The van der Waals surface area contributed by atoms with E-state index in [0.717, 1.165) is 44.1 Å². The Hall–Kier alpha value is -2.14. The molecule has 0 N–H and O–H groups in total. The van der Waals surface area contributed by atoms with Gasteiger partial charge in [0.1, 0.15) is 12.0 Å². The molecule has 1 aliphatic rings. The van der Waals surface area contributed by atoms with Gasteiger partial charge in [-0.3, -0.25) is 9.69 Å². The molecule has 5 nitrogen and oxygen atoms in total. The summed E-state index contributed by atoms with van der Waals surface area (Å²) in [6.45, 7) is 3.22. The van der Waals surface area contributed by atoms with Gasteiger partial charge in [-0.15, -0.1) is 0 Å². The highest BCUT2D eigenvalue weighted by Crippen LogP contribution is 2.24. The topological polar surface area (TPSA) is 55.6 Å². The second-order valence-electron chi connectivity index (χ2n) is 6.72. The van der Waals surface area contributed by atoms with Crippen molar-refractivity contribution in [2.24, 2.45) is 5.92 Å². The maximum Gasteiger partial charge on any atom is 0.263 e. The second kappa shape index (κ2) is 8.81. The smallest absolute Gasteiger partial charge is 0.263 e. The van der Waals surface area contributed by atoms with Crippen molar-refractivity contribution < 1.29 is 13.9 Å². The van der Waals surface area contributed by atoms with Crippen LogP contribution in [0, 0.1) is 5.92 Å². The maximum atomic E-state index is 11.9.